The molecule has 0 aromatic carbocycles. The van der Waals surface area contributed by atoms with Crippen LogP contribution >= 0.6 is 23.4 Å². The van der Waals surface area contributed by atoms with E-state index in [2.05, 4.69) is 15.0 Å². The number of carbonyl (C=O) groups is 1. The van der Waals surface area contributed by atoms with Crippen molar-refractivity contribution in [1.29, 1.82) is 0 Å². The van der Waals surface area contributed by atoms with Gasteiger partial charge in [-0.05, 0) is 6.92 Å². The van der Waals surface area contributed by atoms with E-state index >= 15 is 0 Å². The first kappa shape index (κ1) is 13.6. The van der Waals surface area contributed by atoms with Crippen LogP contribution in [0.1, 0.15) is 13.2 Å². The fourth-order valence-electron chi connectivity index (χ4n) is 1.93. The van der Waals surface area contributed by atoms with Gasteiger partial charge in [-0.1, -0.05) is 11.6 Å². The lowest BCUT2D eigenvalue weighted by molar-refractivity contribution is -0.153. The second kappa shape index (κ2) is 5.55. The number of esters is 1. The smallest absolute Gasteiger partial charge is 0.345 e. The van der Waals surface area contributed by atoms with Crippen LogP contribution < -0.4 is 0 Å². The molecular formula is C11H11ClN4O3S. The number of aromatic nitrogens is 4. The number of ether oxygens (including phenoxy) is 2. The molecule has 0 radical (unpaired) electrons. The monoisotopic (exact) mass is 314 g/mol. The highest BCUT2D eigenvalue weighted by molar-refractivity contribution is 8.00. The molecule has 0 bridgehead atoms. The molecule has 106 valence electrons. The molecule has 9 heteroatoms. The van der Waals surface area contributed by atoms with E-state index in [1.54, 1.807) is 17.8 Å². The maximum Gasteiger partial charge on any atom is 0.345 e. The largest absolute Gasteiger partial charge is 0.463 e. The number of fused-ring (bicyclic) bond motifs is 1. The molecule has 1 unspecified atom stereocenters. The minimum atomic E-state index is -0.624. The van der Waals surface area contributed by atoms with Crippen LogP contribution in [-0.2, 0) is 14.3 Å². The molecule has 0 aliphatic carbocycles. The van der Waals surface area contributed by atoms with Crippen molar-refractivity contribution in [3.63, 3.8) is 0 Å². The van der Waals surface area contributed by atoms with Gasteiger partial charge in [-0.3, -0.25) is 4.57 Å². The SMILES string of the molecule is CCOC(=O)[C@H]1OC(n2cnc3ncnc(Cl)c32)CS1. The van der Waals surface area contributed by atoms with Gasteiger partial charge in [0, 0.05) is 5.75 Å². The van der Waals surface area contributed by atoms with E-state index in [4.69, 9.17) is 21.1 Å². The lowest BCUT2D eigenvalue weighted by atomic mass is 10.5. The number of hydrogen-bond acceptors (Lipinski definition) is 7. The predicted octanol–water partition coefficient (Wildman–Crippen LogP) is 1.63. The molecule has 3 heterocycles. The van der Waals surface area contributed by atoms with Crippen LogP contribution in [0.2, 0.25) is 5.15 Å². The molecule has 3 rings (SSSR count). The minimum absolute atomic E-state index is 0.306. The molecule has 1 aliphatic rings. The van der Waals surface area contributed by atoms with Gasteiger partial charge in [0.1, 0.15) is 18.1 Å². The van der Waals surface area contributed by atoms with Gasteiger partial charge in [-0.15, -0.1) is 11.8 Å². The Morgan fingerprint density at radius 1 is 1.60 bits per heavy atom. The summed E-state index contributed by atoms with van der Waals surface area (Å²) in [6.07, 6.45) is 2.60. The molecule has 2 aromatic heterocycles. The van der Waals surface area contributed by atoms with Crippen LogP contribution in [0, 0.1) is 0 Å². The van der Waals surface area contributed by atoms with Crippen LogP contribution in [0.25, 0.3) is 11.2 Å². The Morgan fingerprint density at radius 3 is 3.25 bits per heavy atom. The van der Waals surface area contributed by atoms with Gasteiger partial charge < -0.3 is 9.47 Å². The number of thioether (sulfide) groups is 1. The number of hydrogen-bond donors (Lipinski definition) is 0. The number of halogens is 1. The minimum Gasteiger partial charge on any atom is -0.463 e. The van der Waals surface area contributed by atoms with Gasteiger partial charge >= 0.3 is 5.97 Å². The van der Waals surface area contributed by atoms with Crippen molar-refractivity contribution in [3.05, 3.63) is 17.8 Å². The first-order valence-corrected chi connectivity index (χ1v) is 7.40. The fourth-order valence-corrected chi connectivity index (χ4v) is 3.14. The zero-order chi connectivity index (χ0) is 14.1. The number of nitrogens with zero attached hydrogens (tertiary/aromatic N) is 4. The maximum absolute atomic E-state index is 11.6. The molecule has 0 saturated carbocycles. The second-order valence-electron chi connectivity index (χ2n) is 4.00. The Balaban J connectivity index is 1.85. The van der Waals surface area contributed by atoms with Crippen molar-refractivity contribution in [3.8, 4) is 0 Å². The lowest BCUT2D eigenvalue weighted by Crippen LogP contribution is -2.21. The summed E-state index contributed by atoms with van der Waals surface area (Å²) in [5.41, 5.74) is 0.475. The van der Waals surface area contributed by atoms with Crippen molar-refractivity contribution in [2.75, 3.05) is 12.4 Å². The maximum atomic E-state index is 11.6. The third-order valence-electron chi connectivity index (χ3n) is 2.78. The van der Waals surface area contributed by atoms with E-state index in [0.29, 0.717) is 28.7 Å². The van der Waals surface area contributed by atoms with Crippen LogP contribution in [0.4, 0.5) is 0 Å². The van der Waals surface area contributed by atoms with Crippen molar-refractivity contribution >= 4 is 40.5 Å². The van der Waals surface area contributed by atoms with Crippen molar-refractivity contribution < 1.29 is 14.3 Å². The predicted molar refractivity (Wildman–Crippen MR) is 73.3 cm³/mol. The van der Waals surface area contributed by atoms with Gasteiger partial charge in [0.05, 0.1) is 12.9 Å². The summed E-state index contributed by atoms with van der Waals surface area (Å²) in [5.74, 6) is 0.229. The molecule has 0 spiro atoms. The number of rotatable bonds is 3. The normalized spacial score (nSPS) is 22.3. The van der Waals surface area contributed by atoms with Gasteiger partial charge in [0.25, 0.3) is 0 Å². The highest BCUT2D eigenvalue weighted by Gasteiger charge is 2.34. The standard InChI is InChI=1S/C11H11ClN4O3S/c1-2-18-10(17)11-19-6(3-20-11)16-5-15-9-7(16)8(12)13-4-14-9/h4-6,11H,2-3H2,1H3/t6?,11-/m0/s1. The van der Waals surface area contributed by atoms with E-state index in [0.717, 1.165) is 0 Å². The number of imidazole rings is 1. The molecule has 1 saturated heterocycles. The molecule has 0 N–H and O–H groups in total. The van der Waals surface area contributed by atoms with Gasteiger partial charge in [-0.2, -0.15) is 0 Å². The van der Waals surface area contributed by atoms with Crippen LogP contribution in [-0.4, -0.2) is 43.3 Å². The Morgan fingerprint density at radius 2 is 2.45 bits per heavy atom. The van der Waals surface area contributed by atoms with Gasteiger partial charge in [-0.25, -0.2) is 19.7 Å². The molecule has 1 fully saturated rings. The summed E-state index contributed by atoms with van der Waals surface area (Å²) in [6, 6.07) is 0. The zero-order valence-electron chi connectivity index (χ0n) is 10.5. The summed E-state index contributed by atoms with van der Waals surface area (Å²) in [7, 11) is 0. The van der Waals surface area contributed by atoms with Crippen LogP contribution in [0.15, 0.2) is 12.7 Å². The topological polar surface area (TPSA) is 79.1 Å². The quantitative estimate of drug-likeness (QED) is 0.629. The molecule has 1 aliphatic heterocycles. The summed E-state index contributed by atoms with van der Waals surface area (Å²) in [5, 5.41) is 0.306. The van der Waals surface area contributed by atoms with Crippen LogP contribution in [0.3, 0.4) is 0 Å². The Kier molecular flexibility index (Phi) is 3.77. The Labute approximate surface area is 123 Å². The average Bonchev–Trinajstić information content (AvgIpc) is 3.05. The fraction of sp³-hybridized carbons (Fsp3) is 0.455. The zero-order valence-corrected chi connectivity index (χ0v) is 12.1. The summed E-state index contributed by atoms with van der Waals surface area (Å²) < 4.78 is 12.4. The van der Waals surface area contributed by atoms with E-state index < -0.39 is 5.44 Å². The van der Waals surface area contributed by atoms with Gasteiger partial charge in [0.2, 0.25) is 5.44 Å². The Bertz CT molecular complexity index is 650. The van der Waals surface area contributed by atoms with E-state index in [1.807, 2.05) is 0 Å². The second-order valence-corrected chi connectivity index (χ2v) is 5.45. The number of carbonyl (C=O) groups excluding carboxylic acids is 1. The van der Waals surface area contributed by atoms with Gasteiger partial charge in [0.15, 0.2) is 10.8 Å². The van der Waals surface area contributed by atoms with Crippen molar-refractivity contribution in [1.82, 2.24) is 19.5 Å². The highest BCUT2D eigenvalue weighted by atomic mass is 35.5. The molecule has 20 heavy (non-hydrogen) atoms. The molecule has 2 atom stereocenters. The van der Waals surface area contributed by atoms with E-state index in [-0.39, 0.29) is 12.2 Å². The lowest BCUT2D eigenvalue weighted by Gasteiger charge is -2.13. The molecular weight excluding hydrogens is 304 g/mol. The highest BCUT2D eigenvalue weighted by Crippen LogP contribution is 2.34. The van der Waals surface area contributed by atoms with E-state index in [1.165, 1.54) is 18.1 Å². The van der Waals surface area contributed by atoms with Crippen molar-refractivity contribution in [2.24, 2.45) is 0 Å². The third kappa shape index (κ3) is 2.34. The first-order chi connectivity index (χ1) is 9.70. The summed E-state index contributed by atoms with van der Waals surface area (Å²) in [4.78, 5) is 23.8. The molecule has 7 nitrogen and oxygen atoms in total. The third-order valence-corrected chi connectivity index (χ3v) is 4.14. The molecule has 2 aromatic rings. The summed E-state index contributed by atoms with van der Waals surface area (Å²) in [6.45, 7) is 2.09. The average molecular weight is 315 g/mol. The summed E-state index contributed by atoms with van der Waals surface area (Å²) >= 11 is 7.45. The van der Waals surface area contributed by atoms with E-state index in [9.17, 15) is 4.79 Å². The molecule has 0 amide bonds. The van der Waals surface area contributed by atoms with Crippen molar-refractivity contribution in [2.45, 2.75) is 18.6 Å². The Hall–Kier alpha value is -1.38. The first-order valence-electron chi connectivity index (χ1n) is 5.97. The van der Waals surface area contributed by atoms with Crippen LogP contribution in [0.5, 0.6) is 0 Å².